The summed E-state index contributed by atoms with van der Waals surface area (Å²) in [5.41, 5.74) is 3.18. The molecule has 0 radical (unpaired) electrons. The van der Waals surface area contributed by atoms with Crippen LogP contribution < -0.4 is 10.6 Å². The van der Waals surface area contributed by atoms with Gasteiger partial charge >= 0.3 is 6.09 Å². The molecule has 1 aromatic heterocycles. The number of rotatable bonds is 9. The van der Waals surface area contributed by atoms with E-state index >= 15 is 0 Å². The summed E-state index contributed by atoms with van der Waals surface area (Å²) in [7, 11) is 1.44. The average Bonchev–Trinajstić information content (AvgIpc) is 3.48. The lowest BCUT2D eigenvalue weighted by Crippen LogP contribution is -2.46. The molecule has 1 aliphatic heterocycles. The number of furan rings is 1. The maximum Gasteiger partial charge on any atom is 0.411 e. The van der Waals surface area contributed by atoms with E-state index in [1.54, 1.807) is 36.4 Å². The average molecular weight is 478 g/mol. The lowest BCUT2D eigenvalue weighted by atomic mass is 10.00. The van der Waals surface area contributed by atoms with Gasteiger partial charge in [0.25, 0.3) is 0 Å². The van der Waals surface area contributed by atoms with E-state index in [9.17, 15) is 14.4 Å². The first-order chi connectivity index (χ1) is 16.9. The fraction of sp³-hybridized carbons (Fsp3) is 0.269. The summed E-state index contributed by atoms with van der Waals surface area (Å²) >= 11 is 0. The van der Waals surface area contributed by atoms with Gasteiger partial charge in [-0.05, 0) is 42.3 Å². The summed E-state index contributed by atoms with van der Waals surface area (Å²) in [5.74, 6) is -0.0461. The number of hydrogen-bond donors (Lipinski definition) is 2. The minimum atomic E-state index is -0.896. The quantitative estimate of drug-likeness (QED) is 0.488. The smallest absolute Gasteiger partial charge is 0.411 e. The molecule has 1 aliphatic rings. The van der Waals surface area contributed by atoms with Gasteiger partial charge in [0.15, 0.2) is 12.1 Å². The first-order valence-electron chi connectivity index (χ1n) is 11.2. The molecule has 4 rings (SSSR count). The Morgan fingerprint density at radius 2 is 1.80 bits per heavy atom. The second-order valence-electron chi connectivity index (χ2n) is 8.26. The van der Waals surface area contributed by atoms with E-state index in [0.29, 0.717) is 17.0 Å². The number of aryl methyl sites for hydroxylation is 1. The van der Waals surface area contributed by atoms with Crippen LogP contribution in [-0.2, 0) is 32.2 Å². The Morgan fingerprint density at radius 3 is 2.46 bits per heavy atom. The summed E-state index contributed by atoms with van der Waals surface area (Å²) in [6.07, 6.45) is 0.128. The molecule has 2 N–H and O–H groups in total. The van der Waals surface area contributed by atoms with Crippen LogP contribution in [-0.4, -0.2) is 42.6 Å². The zero-order valence-electron chi connectivity index (χ0n) is 19.5. The van der Waals surface area contributed by atoms with Gasteiger partial charge in [-0.25, -0.2) is 4.79 Å². The van der Waals surface area contributed by atoms with Crippen molar-refractivity contribution in [2.75, 3.05) is 19.0 Å². The van der Waals surface area contributed by atoms with Crippen LogP contribution in [0.15, 0.2) is 71.3 Å². The normalized spacial score (nSPS) is 17.2. The van der Waals surface area contributed by atoms with Gasteiger partial charge in [-0.3, -0.25) is 14.5 Å². The van der Waals surface area contributed by atoms with Crippen molar-refractivity contribution in [1.29, 1.82) is 0 Å². The SMILES string of the molecule is COCC(=O)Nc1ccc(C2OC(=O)N(Cc3ccc(C)cc3)C2C(=O)NCc2ccco2)cc1. The van der Waals surface area contributed by atoms with Gasteiger partial charge in [-0.1, -0.05) is 42.0 Å². The molecule has 2 unspecified atom stereocenters. The molecule has 1 saturated heterocycles. The standard InChI is InChI=1S/C26H27N3O6/c1-17-5-7-18(8-6-17)15-29-23(25(31)27-14-21-4-3-13-34-21)24(35-26(29)32)19-9-11-20(12-10-19)28-22(30)16-33-2/h3-13,23-24H,14-16H2,1-2H3,(H,27,31)(H,28,30). The first kappa shape index (κ1) is 24.0. The summed E-state index contributed by atoms with van der Waals surface area (Å²) in [6.45, 7) is 2.33. The highest BCUT2D eigenvalue weighted by molar-refractivity contribution is 5.92. The van der Waals surface area contributed by atoms with Crippen molar-refractivity contribution < 1.29 is 28.3 Å². The Morgan fingerprint density at radius 1 is 1.06 bits per heavy atom. The highest BCUT2D eigenvalue weighted by atomic mass is 16.6. The Balaban J connectivity index is 1.56. The van der Waals surface area contributed by atoms with E-state index in [1.165, 1.54) is 18.3 Å². The third-order valence-corrected chi connectivity index (χ3v) is 5.64. The zero-order valence-corrected chi connectivity index (χ0v) is 19.5. The van der Waals surface area contributed by atoms with E-state index in [0.717, 1.165) is 11.1 Å². The molecule has 0 spiro atoms. The molecule has 1 fully saturated rings. The first-order valence-corrected chi connectivity index (χ1v) is 11.2. The van der Waals surface area contributed by atoms with Crippen LogP contribution in [0.3, 0.4) is 0 Å². The number of cyclic esters (lactones) is 1. The topological polar surface area (TPSA) is 110 Å². The number of amides is 3. The Kier molecular flexibility index (Phi) is 7.47. The van der Waals surface area contributed by atoms with Gasteiger partial charge < -0.3 is 24.5 Å². The fourth-order valence-corrected chi connectivity index (χ4v) is 3.88. The minimum Gasteiger partial charge on any atom is -0.467 e. The number of carbonyl (C=O) groups excluding carboxylic acids is 3. The number of hydrogen-bond acceptors (Lipinski definition) is 6. The van der Waals surface area contributed by atoms with Crippen molar-refractivity contribution in [2.45, 2.75) is 32.2 Å². The predicted octanol–water partition coefficient (Wildman–Crippen LogP) is 3.55. The van der Waals surface area contributed by atoms with E-state index in [-0.39, 0.29) is 31.5 Å². The summed E-state index contributed by atoms with van der Waals surface area (Å²) in [5, 5.41) is 5.56. The van der Waals surface area contributed by atoms with Crippen molar-refractivity contribution in [1.82, 2.24) is 10.2 Å². The molecule has 0 saturated carbocycles. The maximum atomic E-state index is 13.3. The largest absolute Gasteiger partial charge is 0.467 e. The molecule has 3 amide bonds. The summed E-state index contributed by atoms with van der Waals surface area (Å²) in [6, 6.07) is 17.2. The van der Waals surface area contributed by atoms with Gasteiger partial charge in [-0.15, -0.1) is 0 Å². The summed E-state index contributed by atoms with van der Waals surface area (Å²) < 4.78 is 15.8. The highest BCUT2D eigenvalue weighted by Gasteiger charge is 2.47. The van der Waals surface area contributed by atoms with Gasteiger partial charge in [0.05, 0.1) is 19.4 Å². The Labute approximate surface area is 203 Å². The second-order valence-corrected chi connectivity index (χ2v) is 8.26. The van der Waals surface area contributed by atoms with E-state index in [4.69, 9.17) is 13.9 Å². The third-order valence-electron chi connectivity index (χ3n) is 5.64. The van der Waals surface area contributed by atoms with Crippen molar-refractivity contribution in [2.24, 2.45) is 0 Å². The second kappa shape index (κ2) is 10.9. The van der Waals surface area contributed by atoms with Crippen LogP contribution in [0.4, 0.5) is 10.5 Å². The molecular formula is C26H27N3O6. The van der Waals surface area contributed by atoms with Crippen LogP contribution in [0.5, 0.6) is 0 Å². The molecule has 3 aromatic rings. The van der Waals surface area contributed by atoms with Gasteiger partial charge in [0.2, 0.25) is 11.8 Å². The fourth-order valence-electron chi connectivity index (χ4n) is 3.88. The van der Waals surface area contributed by atoms with Crippen LogP contribution in [0.1, 0.15) is 28.6 Å². The van der Waals surface area contributed by atoms with E-state index < -0.39 is 18.2 Å². The minimum absolute atomic E-state index is 0.0616. The molecule has 9 heteroatoms. The number of nitrogens with zero attached hydrogens (tertiary/aromatic N) is 1. The van der Waals surface area contributed by atoms with Crippen LogP contribution >= 0.6 is 0 Å². The molecule has 35 heavy (non-hydrogen) atoms. The van der Waals surface area contributed by atoms with Gasteiger partial charge in [0, 0.05) is 12.8 Å². The number of anilines is 1. The van der Waals surface area contributed by atoms with Crippen LogP contribution in [0, 0.1) is 6.92 Å². The van der Waals surface area contributed by atoms with E-state index in [1.807, 2.05) is 31.2 Å². The zero-order chi connectivity index (χ0) is 24.8. The van der Waals surface area contributed by atoms with Crippen molar-refractivity contribution in [3.05, 3.63) is 89.4 Å². The van der Waals surface area contributed by atoms with Crippen molar-refractivity contribution in [3.8, 4) is 0 Å². The lowest BCUT2D eigenvalue weighted by molar-refractivity contribution is -0.126. The molecular weight excluding hydrogens is 450 g/mol. The van der Waals surface area contributed by atoms with Crippen molar-refractivity contribution in [3.63, 3.8) is 0 Å². The summed E-state index contributed by atoms with van der Waals surface area (Å²) in [4.78, 5) is 39.4. The number of carbonyl (C=O) groups is 3. The number of ether oxygens (including phenoxy) is 2. The Hall–Kier alpha value is -4.11. The van der Waals surface area contributed by atoms with Crippen LogP contribution in [0.25, 0.3) is 0 Å². The highest BCUT2D eigenvalue weighted by Crippen LogP contribution is 2.34. The molecule has 9 nitrogen and oxygen atoms in total. The lowest BCUT2D eigenvalue weighted by Gasteiger charge is -2.24. The third kappa shape index (κ3) is 5.88. The Bertz CT molecular complexity index is 1160. The van der Waals surface area contributed by atoms with Crippen LogP contribution in [0.2, 0.25) is 0 Å². The van der Waals surface area contributed by atoms with Crippen molar-refractivity contribution >= 4 is 23.6 Å². The monoisotopic (exact) mass is 477 g/mol. The number of methoxy groups -OCH3 is 1. The number of benzene rings is 2. The van der Waals surface area contributed by atoms with Gasteiger partial charge in [0.1, 0.15) is 12.4 Å². The molecule has 182 valence electrons. The van der Waals surface area contributed by atoms with E-state index in [2.05, 4.69) is 10.6 Å². The molecule has 2 heterocycles. The molecule has 0 bridgehead atoms. The molecule has 2 atom stereocenters. The molecule has 2 aromatic carbocycles. The number of nitrogens with one attached hydrogen (secondary N) is 2. The predicted molar refractivity (Wildman–Crippen MR) is 127 cm³/mol. The molecule has 0 aliphatic carbocycles. The van der Waals surface area contributed by atoms with Gasteiger partial charge in [-0.2, -0.15) is 0 Å². The maximum absolute atomic E-state index is 13.3.